The van der Waals surface area contributed by atoms with Gasteiger partial charge in [-0.3, -0.25) is 4.79 Å². The van der Waals surface area contributed by atoms with Gasteiger partial charge in [-0.15, -0.1) is 0 Å². The van der Waals surface area contributed by atoms with Crippen LogP contribution >= 0.6 is 0 Å². The average Bonchev–Trinajstić information content (AvgIpc) is 2.22. The number of hydrogen-bond donors (Lipinski definition) is 2. The Bertz CT molecular complexity index is 159. The SMILES string of the molecule is CCCCCCC(O)C(O)([C]=O)CC. The lowest BCUT2D eigenvalue weighted by Gasteiger charge is -2.25. The summed E-state index contributed by atoms with van der Waals surface area (Å²) in [5.41, 5.74) is -1.66. The van der Waals surface area contributed by atoms with Crippen LogP contribution in [-0.4, -0.2) is 28.2 Å². The number of aliphatic hydroxyl groups excluding tert-OH is 1. The second kappa shape index (κ2) is 6.96. The Balaban J connectivity index is 3.81. The summed E-state index contributed by atoms with van der Waals surface area (Å²) in [5, 5.41) is 19.1. The molecule has 0 aromatic carbocycles. The van der Waals surface area contributed by atoms with Crippen LogP contribution in [0, 0.1) is 0 Å². The van der Waals surface area contributed by atoms with Crippen molar-refractivity contribution in [2.24, 2.45) is 0 Å². The van der Waals surface area contributed by atoms with Crippen molar-refractivity contribution >= 4 is 6.29 Å². The molecule has 2 unspecified atom stereocenters. The van der Waals surface area contributed by atoms with Crippen LogP contribution in [0.5, 0.6) is 0 Å². The first-order valence-electron chi connectivity index (χ1n) is 5.40. The molecule has 0 bridgehead atoms. The van der Waals surface area contributed by atoms with E-state index < -0.39 is 11.7 Å². The standard InChI is InChI=1S/C11H21O3/c1-3-5-6-7-8-10(13)11(14,4-2)9-12/h10,13-14H,3-8H2,1-2H3. The van der Waals surface area contributed by atoms with Crippen LogP contribution in [0.25, 0.3) is 0 Å². The molecule has 1 radical (unpaired) electrons. The number of aliphatic hydroxyl groups is 2. The largest absolute Gasteiger partial charge is 0.390 e. The van der Waals surface area contributed by atoms with E-state index in [0.717, 1.165) is 25.7 Å². The van der Waals surface area contributed by atoms with Gasteiger partial charge in [0.1, 0.15) is 0 Å². The van der Waals surface area contributed by atoms with E-state index in [1.807, 2.05) is 0 Å². The van der Waals surface area contributed by atoms with Crippen molar-refractivity contribution in [1.29, 1.82) is 0 Å². The first kappa shape index (κ1) is 13.6. The summed E-state index contributed by atoms with van der Waals surface area (Å²) in [6.07, 6.45) is 5.38. The Morgan fingerprint density at radius 3 is 2.36 bits per heavy atom. The Hall–Kier alpha value is -0.410. The monoisotopic (exact) mass is 201 g/mol. The lowest BCUT2D eigenvalue weighted by atomic mass is 9.91. The molecule has 14 heavy (non-hydrogen) atoms. The summed E-state index contributed by atoms with van der Waals surface area (Å²) in [6.45, 7) is 3.78. The van der Waals surface area contributed by atoms with Gasteiger partial charge in [0.25, 0.3) is 0 Å². The maximum atomic E-state index is 10.5. The molecular formula is C11H21O3. The molecule has 0 aliphatic heterocycles. The lowest BCUT2D eigenvalue weighted by molar-refractivity contribution is -0.0327. The first-order chi connectivity index (χ1) is 6.60. The Labute approximate surface area is 86.1 Å². The maximum absolute atomic E-state index is 10.5. The molecule has 83 valence electrons. The zero-order valence-electron chi connectivity index (χ0n) is 9.12. The molecule has 3 heteroatoms. The number of rotatable bonds is 8. The van der Waals surface area contributed by atoms with Crippen molar-refractivity contribution in [2.45, 2.75) is 64.1 Å². The molecule has 0 rings (SSSR count). The second-order valence-corrected chi connectivity index (χ2v) is 3.75. The molecule has 2 atom stereocenters. The van der Waals surface area contributed by atoms with Crippen molar-refractivity contribution in [3.8, 4) is 0 Å². The fourth-order valence-electron chi connectivity index (χ4n) is 1.38. The van der Waals surface area contributed by atoms with Crippen LogP contribution in [0.3, 0.4) is 0 Å². The van der Waals surface area contributed by atoms with E-state index in [-0.39, 0.29) is 6.42 Å². The van der Waals surface area contributed by atoms with Gasteiger partial charge in [-0.25, -0.2) is 0 Å². The summed E-state index contributed by atoms with van der Waals surface area (Å²) in [4.78, 5) is 10.5. The minimum atomic E-state index is -1.66. The lowest BCUT2D eigenvalue weighted by Crippen LogP contribution is -2.43. The highest BCUT2D eigenvalue weighted by Gasteiger charge is 2.33. The van der Waals surface area contributed by atoms with Gasteiger partial charge in [-0.2, -0.15) is 0 Å². The molecular weight excluding hydrogens is 180 g/mol. The van der Waals surface area contributed by atoms with Crippen molar-refractivity contribution in [2.75, 3.05) is 0 Å². The van der Waals surface area contributed by atoms with Crippen LogP contribution in [-0.2, 0) is 4.79 Å². The van der Waals surface area contributed by atoms with E-state index in [1.165, 1.54) is 6.29 Å². The van der Waals surface area contributed by atoms with Crippen molar-refractivity contribution in [3.63, 3.8) is 0 Å². The fourth-order valence-corrected chi connectivity index (χ4v) is 1.38. The highest BCUT2D eigenvalue weighted by molar-refractivity contribution is 5.63. The third kappa shape index (κ3) is 4.20. The molecule has 0 saturated carbocycles. The van der Waals surface area contributed by atoms with Crippen molar-refractivity contribution in [1.82, 2.24) is 0 Å². The van der Waals surface area contributed by atoms with Crippen LogP contribution in [0.2, 0.25) is 0 Å². The molecule has 3 nitrogen and oxygen atoms in total. The predicted molar refractivity (Wildman–Crippen MR) is 55.7 cm³/mol. The predicted octanol–water partition coefficient (Wildman–Crippen LogP) is 1.57. The van der Waals surface area contributed by atoms with Crippen LogP contribution in [0.15, 0.2) is 0 Å². The van der Waals surface area contributed by atoms with Crippen molar-refractivity contribution < 1.29 is 15.0 Å². The van der Waals surface area contributed by atoms with Crippen LogP contribution in [0.4, 0.5) is 0 Å². The molecule has 0 heterocycles. The van der Waals surface area contributed by atoms with E-state index in [0.29, 0.717) is 6.42 Å². The summed E-state index contributed by atoms with van der Waals surface area (Å²) < 4.78 is 0. The van der Waals surface area contributed by atoms with Crippen molar-refractivity contribution in [3.05, 3.63) is 0 Å². The summed E-state index contributed by atoms with van der Waals surface area (Å²) in [7, 11) is 0. The van der Waals surface area contributed by atoms with Gasteiger partial charge < -0.3 is 10.2 Å². The summed E-state index contributed by atoms with van der Waals surface area (Å²) in [5.74, 6) is 0. The van der Waals surface area contributed by atoms with Gasteiger partial charge in [0.15, 0.2) is 5.60 Å². The minimum Gasteiger partial charge on any atom is -0.390 e. The smallest absolute Gasteiger partial charge is 0.235 e. The Morgan fingerprint density at radius 1 is 1.29 bits per heavy atom. The third-order valence-corrected chi connectivity index (χ3v) is 2.60. The zero-order valence-corrected chi connectivity index (χ0v) is 9.12. The van der Waals surface area contributed by atoms with Gasteiger partial charge in [-0.1, -0.05) is 39.5 Å². The fraction of sp³-hybridized carbons (Fsp3) is 0.909. The second-order valence-electron chi connectivity index (χ2n) is 3.75. The average molecular weight is 201 g/mol. The molecule has 0 saturated heterocycles. The molecule has 0 spiro atoms. The van der Waals surface area contributed by atoms with E-state index in [2.05, 4.69) is 6.92 Å². The Kier molecular flexibility index (Phi) is 6.75. The van der Waals surface area contributed by atoms with E-state index in [1.54, 1.807) is 6.92 Å². The maximum Gasteiger partial charge on any atom is 0.235 e. The minimum absolute atomic E-state index is 0.214. The quantitative estimate of drug-likeness (QED) is 0.586. The van der Waals surface area contributed by atoms with E-state index in [4.69, 9.17) is 0 Å². The molecule has 0 amide bonds. The normalized spacial score (nSPS) is 17.4. The third-order valence-electron chi connectivity index (χ3n) is 2.60. The molecule has 2 N–H and O–H groups in total. The van der Waals surface area contributed by atoms with E-state index >= 15 is 0 Å². The number of carbonyl (C=O) groups excluding carboxylic acids is 1. The topological polar surface area (TPSA) is 57.5 Å². The molecule has 0 aliphatic carbocycles. The molecule has 0 aromatic heterocycles. The zero-order chi connectivity index (χ0) is 11.0. The van der Waals surface area contributed by atoms with E-state index in [9.17, 15) is 15.0 Å². The van der Waals surface area contributed by atoms with Gasteiger partial charge in [0.05, 0.1) is 6.10 Å². The number of unbranched alkanes of at least 4 members (excludes halogenated alkanes) is 3. The molecule has 0 aromatic rings. The highest BCUT2D eigenvalue weighted by Crippen LogP contribution is 2.18. The highest BCUT2D eigenvalue weighted by atomic mass is 16.3. The first-order valence-corrected chi connectivity index (χ1v) is 5.40. The summed E-state index contributed by atoms with van der Waals surface area (Å²) in [6, 6.07) is 0. The van der Waals surface area contributed by atoms with Gasteiger partial charge in [0, 0.05) is 0 Å². The van der Waals surface area contributed by atoms with Crippen LogP contribution in [0.1, 0.15) is 52.4 Å². The van der Waals surface area contributed by atoms with Crippen LogP contribution < -0.4 is 0 Å². The number of hydrogen-bond acceptors (Lipinski definition) is 3. The van der Waals surface area contributed by atoms with Gasteiger partial charge in [0.2, 0.25) is 6.29 Å². The van der Waals surface area contributed by atoms with Gasteiger partial charge in [-0.05, 0) is 12.8 Å². The Morgan fingerprint density at radius 2 is 1.93 bits per heavy atom. The summed E-state index contributed by atoms with van der Waals surface area (Å²) >= 11 is 0. The molecule has 0 fully saturated rings. The molecule has 0 aliphatic rings. The van der Waals surface area contributed by atoms with Gasteiger partial charge >= 0.3 is 0 Å².